The predicted molar refractivity (Wildman–Crippen MR) is 73.9 cm³/mol. The fraction of sp³-hybridized carbons (Fsp3) is 0.417. The number of methoxy groups -OCH3 is 2. The third-order valence-corrected chi connectivity index (χ3v) is 2.76. The van der Waals surface area contributed by atoms with Crippen LogP contribution in [0.1, 0.15) is 0 Å². The van der Waals surface area contributed by atoms with Crippen LogP contribution in [-0.4, -0.2) is 39.5 Å². The molecule has 0 bridgehead atoms. The number of nitrogens with zero attached hydrogens (tertiary/aromatic N) is 1. The molecule has 1 aromatic carbocycles. The second-order valence-corrected chi connectivity index (χ2v) is 3.87. The maximum Gasteiger partial charge on any atom is 0.173 e. The average molecular weight is 254 g/mol. The molecule has 94 valence electrons. The van der Waals surface area contributed by atoms with Crippen LogP contribution < -0.4 is 15.0 Å². The van der Waals surface area contributed by atoms with E-state index in [-0.39, 0.29) is 0 Å². The topological polar surface area (TPSA) is 33.7 Å². The Balaban J connectivity index is 2.55. The first-order valence-electron chi connectivity index (χ1n) is 5.33. The van der Waals surface area contributed by atoms with Crippen molar-refractivity contribution in [3.63, 3.8) is 0 Å². The molecule has 0 aliphatic heterocycles. The van der Waals surface area contributed by atoms with E-state index in [1.807, 2.05) is 36.2 Å². The van der Waals surface area contributed by atoms with Crippen LogP contribution in [0.3, 0.4) is 0 Å². The van der Waals surface area contributed by atoms with Gasteiger partial charge in [0, 0.05) is 26.4 Å². The van der Waals surface area contributed by atoms with Crippen LogP contribution in [0.25, 0.3) is 0 Å². The maximum absolute atomic E-state index is 5.26. The lowest BCUT2D eigenvalue weighted by molar-refractivity contribution is 0.204. The Morgan fingerprint density at radius 1 is 1.29 bits per heavy atom. The number of thiocarbonyl (C=S) groups is 1. The summed E-state index contributed by atoms with van der Waals surface area (Å²) < 4.78 is 10.1. The molecule has 0 saturated heterocycles. The zero-order valence-electron chi connectivity index (χ0n) is 10.4. The second-order valence-electron chi connectivity index (χ2n) is 3.48. The Morgan fingerprint density at radius 2 is 1.94 bits per heavy atom. The molecule has 0 atom stereocenters. The first-order chi connectivity index (χ1) is 8.19. The van der Waals surface area contributed by atoms with Gasteiger partial charge in [-0.05, 0) is 36.5 Å². The molecule has 0 unspecified atom stereocenters. The minimum absolute atomic E-state index is 0.636. The van der Waals surface area contributed by atoms with Gasteiger partial charge in [0.25, 0.3) is 0 Å². The van der Waals surface area contributed by atoms with E-state index < -0.39 is 0 Å². The van der Waals surface area contributed by atoms with E-state index in [4.69, 9.17) is 21.7 Å². The fourth-order valence-electron chi connectivity index (χ4n) is 1.30. The van der Waals surface area contributed by atoms with Gasteiger partial charge in [-0.3, -0.25) is 0 Å². The zero-order chi connectivity index (χ0) is 12.7. The summed E-state index contributed by atoms with van der Waals surface area (Å²) in [5, 5.41) is 3.78. The van der Waals surface area contributed by atoms with E-state index >= 15 is 0 Å². The number of hydrogen-bond donors (Lipinski definition) is 1. The van der Waals surface area contributed by atoms with Crippen LogP contribution in [0.5, 0.6) is 5.75 Å². The van der Waals surface area contributed by atoms with Crippen LogP contribution in [0.15, 0.2) is 24.3 Å². The molecule has 0 spiro atoms. The van der Waals surface area contributed by atoms with Gasteiger partial charge < -0.3 is 19.7 Å². The Kier molecular flexibility index (Phi) is 5.72. The van der Waals surface area contributed by atoms with Crippen molar-refractivity contribution in [2.45, 2.75) is 0 Å². The normalized spacial score (nSPS) is 9.82. The third-order valence-electron chi connectivity index (χ3n) is 2.35. The van der Waals surface area contributed by atoms with Gasteiger partial charge in [0.05, 0.1) is 13.7 Å². The minimum atomic E-state index is 0.636. The van der Waals surface area contributed by atoms with E-state index in [2.05, 4.69) is 5.32 Å². The highest BCUT2D eigenvalue weighted by Gasteiger charge is 2.05. The zero-order valence-corrected chi connectivity index (χ0v) is 11.2. The van der Waals surface area contributed by atoms with Crippen LogP contribution in [-0.2, 0) is 4.74 Å². The quantitative estimate of drug-likeness (QED) is 0.638. The minimum Gasteiger partial charge on any atom is -0.497 e. The van der Waals surface area contributed by atoms with Crippen molar-refractivity contribution in [3.05, 3.63) is 24.3 Å². The van der Waals surface area contributed by atoms with Gasteiger partial charge >= 0.3 is 0 Å². The molecule has 1 N–H and O–H groups in total. The van der Waals surface area contributed by atoms with Gasteiger partial charge in [0.15, 0.2) is 5.11 Å². The largest absolute Gasteiger partial charge is 0.497 e. The standard InChI is InChI=1S/C12H18N2O2S/c1-14(12(17)13-8-9-15-2)10-4-6-11(16-3)7-5-10/h4-7H,8-9H2,1-3H3,(H,13,17). The predicted octanol–water partition coefficient (Wildman–Crippen LogP) is 1.65. The molecular formula is C12H18N2O2S. The molecule has 5 heteroatoms. The Bertz CT molecular complexity index is 354. The Labute approximate surface area is 108 Å². The van der Waals surface area contributed by atoms with E-state index in [9.17, 15) is 0 Å². The molecule has 0 aliphatic carbocycles. The molecule has 0 heterocycles. The van der Waals surface area contributed by atoms with Gasteiger partial charge in [0.2, 0.25) is 0 Å². The van der Waals surface area contributed by atoms with Crippen LogP contribution in [0.4, 0.5) is 5.69 Å². The van der Waals surface area contributed by atoms with E-state index in [0.717, 1.165) is 11.4 Å². The Morgan fingerprint density at radius 3 is 2.47 bits per heavy atom. The number of rotatable bonds is 5. The summed E-state index contributed by atoms with van der Waals surface area (Å²) in [6, 6.07) is 7.74. The molecule has 1 rings (SSSR count). The molecule has 0 saturated carbocycles. The lowest BCUT2D eigenvalue weighted by Crippen LogP contribution is -2.38. The van der Waals surface area contributed by atoms with Crippen LogP contribution >= 0.6 is 12.2 Å². The molecule has 0 aromatic heterocycles. The number of benzene rings is 1. The van der Waals surface area contributed by atoms with Crippen LogP contribution in [0.2, 0.25) is 0 Å². The van der Waals surface area contributed by atoms with Crippen molar-refractivity contribution in [1.29, 1.82) is 0 Å². The summed E-state index contributed by atoms with van der Waals surface area (Å²) in [5.74, 6) is 0.834. The van der Waals surface area contributed by atoms with E-state index in [1.165, 1.54) is 0 Å². The number of hydrogen-bond acceptors (Lipinski definition) is 3. The maximum atomic E-state index is 5.26. The molecule has 0 amide bonds. The number of ether oxygens (including phenoxy) is 2. The van der Waals surface area contributed by atoms with Gasteiger partial charge in [-0.2, -0.15) is 0 Å². The molecule has 17 heavy (non-hydrogen) atoms. The summed E-state index contributed by atoms with van der Waals surface area (Å²) in [6.45, 7) is 1.34. The average Bonchev–Trinajstić information content (AvgIpc) is 2.38. The molecular weight excluding hydrogens is 236 g/mol. The van der Waals surface area contributed by atoms with Gasteiger partial charge in [0.1, 0.15) is 5.75 Å². The smallest absolute Gasteiger partial charge is 0.173 e. The summed E-state index contributed by atoms with van der Waals surface area (Å²) in [5.41, 5.74) is 1.01. The first-order valence-corrected chi connectivity index (χ1v) is 5.74. The highest BCUT2D eigenvalue weighted by Crippen LogP contribution is 2.17. The molecule has 1 aromatic rings. The lowest BCUT2D eigenvalue weighted by atomic mass is 10.3. The molecule has 0 aliphatic rings. The van der Waals surface area contributed by atoms with E-state index in [0.29, 0.717) is 18.3 Å². The second kappa shape index (κ2) is 7.09. The SMILES string of the molecule is COCCNC(=S)N(C)c1ccc(OC)cc1. The highest BCUT2D eigenvalue weighted by molar-refractivity contribution is 7.80. The van der Waals surface area contributed by atoms with Gasteiger partial charge in [-0.15, -0.1) is 0 Å². The monoisotopic (exact) mass is 254 g/mol. The summed E-state index contributed by atoms with van der Waals surface area (Å²) in [7, 11) is 5.23. The third kappa shape index (κ3) is 4.20. The van der Waals surface area contributed by atoms with Crippen molar-refractivity contribution < 1.29 is 9.47 Å². The van der Waals surface area contributed by atoms with Gasteiger partial charge in [-0.1, -0.05) is 0 Å². The van der Waals surface area contributed by atoms with Crippen molar-refractivity contribution in [2.75, 3.05) is 39.3 Å². The summed E-state index contributed by atoms with van der Waals surface area (Å²) in [4.78, 5) is 1.91. The van der Waals surface area contributed by atoms with Crippen molar-refractivity contribution in [3.8, 4) is 5.75 Å². The van der Waals surface area contributed by atoms with Crippen molar-refractivity contribution in [1.82, 2.24) is 5.32 Å². The van der Waals surface area contributed by atoms with Crippen molar-refractivity contribution in [2.24, 2.45) is 0 Å². The fourth-order valence-corrected chi connectivity index (χ4v) is 1.51. The highest BCUT2D eigenvalue weighted by atomic mass is 32.1. The molecule has 0 radical (unpaired) electrons. The number of anilines is 1. The summed E-state index contributed by atoms with van der Waals surface area (Å²) in [6.07, 6.45) is 0. The van der Waals surface area contributed by atoms with Gasteiger partial charge in [-0.25, -0.2) is 0 Å². The Hall–Kier alpha value is -1.33. The van der Waals surface area contributed by atoms with Crippen LogP contribution in [0, 0.1) is 0 Å². The lowest BCUT2D eigenvalue weighted by Gasteiger charge is -2.21. The number of nitrogens with one attached hydrogen (secondary N) is 1. The summed E-state index contributed by atoms with van der Waals surface area (Å²) >= 11 is 5.26. The first kappa shape index (κ1) is 13.7. The molecule has 0 fully saturated rings. The molecule has 4 nitrogen and oxygen atoms in total. The van der Waals surface area contributed by atoms with E-state index in [1.54, 1.807) is 14.2 Å². The van der Waals surface area contributed by atoms with Crippen molar-refractivity contribution >= 4 is 23.0 Å².